The van der Waals surface area contributed by atoms with Gasteiger partial charge in [-0.25, -0.2) is 0 Å². The Hall–Kier alpha value is -2.30. The molecular weight excluding hydrogens is 266 g/mol. The number of carbonyl (C=O) groups excluding carboxylic acids is 1. The van der Waals surface area contributed by atoms with Crippen LogP contribution >= 0.6 is 0 Å². The molecule has 1 heterocycles. The average Bonchev–Trinajstić information content (AvgIpc) is 3.28. The van der Waals surface area contributed by atoms with Crippen molar-refractivity contribution >= 4 is 11.6 Å². The van der Waals surface area contributed by atoms with Gasteiger partial charge in [0, 0.05) is 17.9 Å². The van der Waals surface area contributed by atoms with Gasteiger partial charge < -0.3 is 10.1 Å². The van der Waals surface area contributed by atoms with Gasteiger partial charge in [0.15, 0.2) is 0 Å². The van der Waals surface area contributed by atoms with Crippen LogP contribution in [-0.2, 0) is 4.79 Å². The molecule has 1 saturated carbocycles. The van der Waals surface area contributed by atoms with Crippen molar-refractivity contribution in [2.24, 2.45) is 0 Å². The van der Waals surface area contributed by atoms with Gasteiger partial charge in [0.2, 0.25) is 5.91 Å². The predicted molar refractivity (Wildman–Crippen MR) is 81.5 cm³/mol. The van der Waals surface area contributed by atoms with E-state index in [0.29, 0.717) is 12.3 Å². The van der Waals surface area contributed by atoms with Gasteiger partial charge >= 0.3 is 0 Å². The molecular formula is C16H19N3O2. The molecule has 0 radical (unpaired) electrons. The van der Waals surface area contributed by atoms with Crippen molar-refractivity contribution in [1.29, 1.82) is 0 Å². The van der Waals surface area contributed by atoms with Crippen LogP contribution in [0.3, 0.4) is 0 Å². The normalized spacial score (nSPS) is 14.0. The number of anilines is 1. The minimum Gasteiger partial charge on any atom is -0.496 e. The summed E-state index contributed by atoms with van der Waals surface area (Å²) < 4.78 is 5.40. The van der Waals surface area contributed by atoms with Gasteiger partial charge in [-0.05, 0) is 25.0 Å². The van der Waals surface area contributed by atoms with Crippen molar-refractivity contribution < 1.29 is 9.53 Å². The van der Waals surface area contributed by atoms with E-state index in [2.05, 4.69) is 15.5 Å². The Balaban J connectivity index is 2.07. The third-order valence-electron chi connectivity index (χ3n) is 3.73. The smallest absolute Gasteiger partial charge is 0.224 e. The van der Waals surface area contributed by atoms with Crippen molar-refractivity contribution in [3.8, 4) is 17.0 Å². The van der Waals surface area contributed by atoms with Crippen LogP contribution in [0.25, 0.3) is 11.3 Å². The lowest BCUT2D eigenvalue weighted by Crippen LogP contribution is -2.11. The number of rotatable bonds is 5. The summed E-state index contributed by atoms with van der Waals surface area (Å²) in [6.07, 6.45) is 2.73. The molecule has 1 aliphatic carbocycles. The van der Waals surface area contributed by atoms with Crippen LogP contribution < -0.4 is 10.1 Å². The molecule has 5 heteroatoms. The molecule has 0 aliphatic heterocycles. The first-order valence-electron chi connectivity index (χ1n) is 7.26. The van der Waals surface area contributed by atoms with Crippen LogP contribution in [0.5, 0.6) is 5.75 Å². The van der Waals surface area contributed by atoms with Gasteiger partial charge in [-0.15, -0.1) is 0 Å². The summed E-state index contributed by atoms with van der Waals surface area (Å²) in [5, 5.41) is 10.5. The van der Waals surface area contributed by atoms with E-state index in [1.54, 1.807) is 7.11 Å². The Kier molecular flexibility index (Phi) is 3.64. The van der Waals surface area contributed by atoms with E-state index in [0.717, 1.165) is 41.2 Å². The number of nitrogens with zero attached hydrogens (tertiary/aromatic N) is 1. The summed E-state index contributed by atoms with van der Waals surface area (Å²) in [6.45, 7) is 1.84. The van der Waals surface area contributed by atoms with Gasteiger partial charge in [0.1, 0.15) is 11.4 Å². The molecule has 0 atom stereocenters. The van der Waals surface area contributed by atoms with Crippen LogP contribution in [0.15, 0.2) is 24.3 Å². The standard InChI is InChI=1S/C16H19N3O2/c1-3-13(20)17-16-14(10-8-9-10)18-19-15(16)11-6-4-5-7-12(11)21-2/h4-7,10H,3,8-9H2,1-2H3,(H,17,20)(H,18,19). The molecule has 1 fully saturated rings. The lowest BCUT2D eigenvalue weighted by molar-refractivity contribution is -0.115. The van der Waals surface area contributed by atoms with Crippen LogP contribution in [0.2, 0.25) is 0 Å². The quantitative estimate of drug-likeness (QED) is 0.885. The van der Waals surface area contributed by atoms with E-state index >= 15 is 0 Å². The second-order valence-electron chi connectivity index (χ2n) is 5.24. The molecule has 1 aromatic heterocycles. The maximum atomic E-state index is 11.8. The Morgan fingerprint density at radius 1 is 1.43 bits per heavy atom. The number of para-hydroxylation sites is 1. The zero-order valence-corrected chi connectivity index (χ0v) is 12.3. The first-order valence-corrected chi connectivity index (χ1v) is 7.26. The van der Waals surface area contributed by atoms with E-state index in [9.17, 15) is 4.79 Å². The fourth-order valence-electron chi connectivity index (χ4n) is 2.41. The molecule has 2 aromatic rings. The second kappa shape index (κ2) is 5.60. The highest BCUT2D eigenvalue weighted by Gasteiger charge is 2.31. The zero-order valence-electron chi connectivity index (χ0n) is 12.3. The number of amides is 1. The lowest BCUT2D eigenvalue weighted by atomic mass is 10.1. The van der Waals surface area contributed by atoms with Crippen LogP contribution in [0.1, 0.15) is 37.8 Å². The number of aromatic amines is 1. The summed E-state index contributed by atoms with van der Waals surface area (Å²) in [7, 11) is 1.64. The number of aromatic nitrogens is 2. The van der Waals surface area contributed by atoms with Crippen molar-refractivity contribution in [3.63, 3.8) is 0 Å². The van der Waals surface area contributed by atoms with Crippen molar-refractivity contribution in [2.75, 3.05) is 12.4 Å². The molecule has 0 bridgehead atoms. The second-order valence-corrected chi connectivity index (χ2v) is 5.24. The Labute approximate surface area is 123 Å². The van der Waals surface area contributed by atoms with Gasteiger partial charge in [-0.1, -0.05) is 19.1 Å². The molecule has 3 rings (SSSR count). The minimum absolute atomic E-state index is 0.00514. The Morgan fingerprint density at radius 2 is 2.19 bits per heavy atom. The SMILES string of the molecule is CCC(=O)Nc1c(-c2ccccc2OC)n[nH]c1C1CC1. The van der Waals surface area contributed by atoms with Gasteiger partial charge in [0.05, 0.1) is 18.5 Å². The fraction of sp³-hybridized carbons (Fsp3) is 0.375. The first kappa shape index (κ1) is 13.7. The third-order valence-corrected chi connectivity index (χ3v) is 3.73. The van der Waals surface area contributed by atoms with Gasteiger partial charge in [-0.3, -0.25) is 9.89 Å². The number of hydrogen-bond acceptors (Lipinski definition) is 3. The van der Waals surface area contributed by atoms with Crippen molar-refractivity contribution in [3.05, 3.63) is 30.0 Å². The molecule has 0 spiro atoms. The summed E-state index contributed by atoms with van der Waals surface area (Å²) >= 11 is 0. The highest BCUT2D eigenvalue weighted by atomic mass is 16.5. The topological polar surface area (TPSA) is 67.0 Å². The highest BCUT2D eigenvalue weighted by Crippen LogP contribution is 2.46. The van der Waals surface area contributed by atoms with E-state index in [1.807, 2.05) is 31.2 Å². The molecule has 21 heavy (non-hydrogen) atoms. The van der Waals surface area contributed by atoms with Crippen LogP contribution in [0, 0.1) is 0 Å². The summed E-state index contributed by atoms with van der Waals surface area (Å²) in [4.78, 5) is 11.8. The maximum Gasteiger partial charge on any atom is 0.224 e. The molecule has 0 unspecified atom stereocenters. The van der Waals surface area contributed by atoms with E-state index in [-0.39, 0.29) is 5.91 Å². The minimum atomic E-state index is -0.00514. The maximum absolute atomic E-state index is 11.8. The zero-order chi connectivity index (χ0) is 14.8. The van der Waals surface area contributed by atoms with E-state index in [1.165, 1.54) is 0 Å². The number of nitrogens with one attached hydrogen (secondary N) is 2. The molecule has 2 N–H and O–H groups in total. The number of benzene rings is 1. The number of methoxy groups -OCH3 is 1. The third kappa shape index (κ3) is 2.63. The number of hydrogen-bond donors (Lipinski definition) is 2. The van der Waals surface area contributed by atoms with Crippen molar-refractivity contribution in [1.82, 2.24) is 10.2 Å². The van der Waals surface area contributed by atoms with E-state index < -0.39 is 0 Å². The van der Waals surface area contributed by atoms with Crippen LogP contribution in [-0.4, -0.2) is 23.2 Å². The predicted octanol–water partition coefficient (Wildman–Crippen LogP) is 3.31. The molecule has 110 valence electrons. The van der Waals surface area contributed by atoms with E-state index in [4.69, 9.17) is 4.74 Å². The summed E-state index contributed by atoms with van der Waals surface area (Å²) in [5.41, 5.74) is 3.46. The monoisotopic (exact) mass is 285 g/mol. The first-order chi connectivity index (χ1) is 10.2. The molecule has 1 aliphatic rings. The molecule has 0 saturated heterocycles. The summed E-state index contributed by atoms with van der Waals surface area (Å²) in [6, 6.07) is 7.70. The fourth-order valence-corrected chi connectivity index (χ4v) is 2.41. The molecule has 1 aromatic carbocycles. The van der Waals surface area contributed by atoms with Crippen LogP contribution in [0.4, 0.5) is 5.69 Å². The van der Waals surface area contributed by atoms with Crippen molar-refractivity contribution in [2.45, 2.75) is 32.1 Å². The number of carbonyl (C=O) groups is 1. The average molecular weight is 285 g/mol. The van der Waals surface area contributed by atoms with Gasteiger partial charge in [0.25, 0.3) is 0 Å². The largest absolute Gasteiger partial charge is 0.496 e. The van der Waals surface area contributed by atoms with Gasteiger partial charge in [-0.2, -0.15) is 5.10 Å². The highest BCUT2D eigenvalue weighted by molar-refractivity contribution is 5.96. The number of H-pyrrole nitrogens is 1. The Morgan fingerprint density at radius 3 is 2.86 bits per heavy atom. The molecule has 1 amide bonds. The summed E-state index contributed by atoms with van der Waals surface area (Å²) in [5.74, 6) is 1.22. The Bertz CT molecular complexity index is 659. The lowest BCUT2D eigenvalue weighted by Gasteiger charge is -2.10. The molecule has 5 nitrogen and oxygen atoms in total. The number of ether oxygens (including phenoxy) is 1.